The summed E-state index contributed by atoms with van der Waals surface area (Å²) in [6, 6.07) is 0. The maximum atomic E-state index is 12.5. The van der Waals surface area contributed by atoms with Crippen LogP contribution in [0.1, 0.15) is 32.1 Å². The van der Waals surface area contributed by atoms with Gasteiger partial charge in [0.15, 0.2) is 0 Å². The molecule has 0 radical (unpaired) electrons. The van der Waals surface area contributed by atoms with Crippen LogP contribution in [0, 0.1) is 5.92 Å². The zero-order valence-corrected chi connectivity index (χ0v) is 9.66. The number of nitrogens with zero attached hydrogens (tertiary/aromatic N) is 1. The van der Waals surface area contributed by atoms with E-state index in [0.717, 1.165) is 4.90 Å². The van der Waals surface area contributed by atoms with Crippen molar-refractivity contribution >= 4 is 11.9 Å². The number of hydrogen-bond acceptors (Lipinski definition) is 2. The summed E-state index contributed by atoms with van der Waals surface area (Å²) in [5.41, 5.74) is -1.11. The second kappa shape index (κ2) is 4.13. The van der Waals surface area contributed by atoms with Crippen molar-refractivity contribution < 1.29 is 27.9 Å². The van der Waals surface area contributed by atoms with E-state index in [-0.39, 0.29) is 13.0 Å². The van der Waals surface area contributed by atoms with Crippen molar-refractivity contribution in [1.29, 1.82) is 0 Å². The van der Waals surface area contributed by atoms with Crippen LogP contribution in [-0.4, -0.2) is 40.1 Å². The summed E-state index contributed by atoms with van der Waals surface area (Å²) < 4.78 is 37.6. The number of likely N-dealkylation sites (tertiary alicyclic amines) is 1. The van der Waals surface area contributed by atoms with E-state index in [4.69, 9.17) is 5.11 Å². The van der Waals surface area contributed by atoms with Crippen molar-refractivity contribution in [2.45, 2.75) is 43.8 Å². The number of alkyl halides is 3. The van der Waals surface area contributed by atoms with Crippen LogP contribution in [-0.2, 0) is 9.59 Å². The normalized spacial score (nSPS) is 26.8. The Morgan fingerprint density at radius 3 is 2.22 bits per heavy atom. The van der Waals surface area contributed by atoms with Crippen LogP contribution in [0.4, 0.5) is 13.2 Å². The highest BCUT2D eigenvalue weighted by molar-refractivity contribution is 5.85. The summed E-state index contributed by atoms with van der Waals surface area (Å²) in [6.07, 6.45) is -2.77. The van der Waals surface area contributed by atoms with Crippen molar-refractivity contribution in [2.75, 3.05) is 6.54 Å². The molecule has 1 amide bonds. The SMILES string of the molecule is O=C(O)C1CCN(C(=O)C(F)(F)F)C12CCCC2. The molecule has 7 heteroatoms. The number of hydrogen-bond donors (Lipinski definition) is 1. The van der Waals surface area contributed by atoms with E-state index in [1.165, 1.54) is 0 Å². The molecule has 0 aromatic rings. The van der Waals surface area contributed by atoms with Crippen molar-refractivity contribution in [2.24, 2.45) is 5.92 Å². The summed E-state index contributed by atoms with van der Waals surface area (Å²) in [5.74, 6) is -3.87. The molecular weight excluding hydrogens is 251 g/mol. The van der Waals surface area contributed by atoms with E-state index in [2.05, 4.69) is 0 Å². The first kappa shape index (κ1) is 13.2. The molecule has 2 rings (SSSR count). The van der Waals surface area contributed by atoms with Gasteiger partial charge in [-0.25, -0.2) is 0 Å². The first-order chi connectivity index (χ1) is 8.29. The van der Waals surface area contributed by atoms with Crippen molar-refractivity contribution in [3.05, 3.63) is 0 Å². The highest BCUT2D eigenvalue weighted by atomic mass is 19.4. The van der Waals surface area contributed by atoms with E-state index < -0.39 is 29.5 Å². The molecule has 1 unspecified atom stereocenters. The minimum Gasteiger partial charge on any atom is -0.481 e. The monoisotopic (exact) mass is 265 g/mol. The van der Waals surface area contributed by atoms with E-state index in [0.29, 0.717) is 25.7 Å². The first-order valence-corrected chi connectivity index (χ1v) is 5.90. The second-order valence-corrected chi connectivity index (χ2v) is 4.94. The number of halogens is 3. The Morgan fingerprint density at radius 1 is 1.22 bits per heavy atom. The smallest absolute Gasteiger partial charge is 0.471 e. The molecule has 0 aromatic carbocycles. The maximum Gasteiger partial charge on any atom is 0.471 e. The van der Waals surface area contributed by atoms with E-state index in [1.54, 1.807) is 0 Å². The van der Waals surface area contributed by atoms with Crippen LogP contribution < -0.4 is 0 Å². The van der Waals surface area contributed by atoms with Crippen LogP contribution in [0.2, 0.25) is 0 Å². The fraction of sp³-hybridized carbons (Fsp3) is 0.818. The predicted molar refractivity (Wildman–Crippen MR) is 54.7 cm³/mol. The zero-order chi connectivity index (χ0) is 13.6. The Labute approximate surface area is 102 Å². The number of carbonyl (C=O) groups is 2. The zero-order valence-electron chi connectivity index (χ0n) is 9.66. The van der Waals surface area contributed by atoms with Gasteiger partial charge in [-0.2, -0.15) is 13.2 Å². The molecular formula is C11H14F3NO3. The van der Waals surface area contributed by atoms with Gasteiger partial charge < -0.3 is 10.0 Å². The molecule has 0 bridgehead atoms. The fourth-order valence-electron chi connectivity index (χ4n) is 3.35. The molecule has 1 saturated carbocycles. The number of aliphatic carboxylic acids is 1. The van der Waals surface area contributed by atoms with Gasteiger partial charge in [0.2, 0.25) is 0 Å². The van der Waals surface area contributed by atoms with Crippen LogP contribution in [0.3, 0.4) is 0 Å². The largest absolute Gasteiger partial charge is 0.481 e. The Hall–Kier alpha value is -1.27. The van der Waals surface area contributed by atoms with Gasteiger partial charge in [0, 0.05) is 6.54 Å². The highest BCUT2D eigenvalue weighted by Crippen LogP contribution is 2.48. The molecule has 1 aliphatic carbocycles. The third-order valence-corrected chi connectivity index (χ3v) is 4.08. The number of carboxylic acids is 1. The molecule has 1 N–H and O–H groups in total. The highest BCUT2D eigenvalue weighted by Gasteiger charge is 2.59. The van der Waals surface area contributed by atoms with Gasteiger partial charge in [-0.15, -0.1) is 0 Å². The average molecular weight is 265 g/mol. The van der Waals surface area contributed by atoms with Crippen LogP contribution >= 0.6 is 0 Å². The molecule has 1 saturated heterocycles. The molecule has 2 fully saturated rings. The van der Waals surface area contributed by atoms with Crippen molar-refractivity contribution in [3.63, 3.8) is 0 Å². The van der Waals surface area contributed by atoms with E-state index in [1.807, 2.05) is 0 Å². The number of rotatable bonds is 1. The van der Waals surface area contributed by atoms with Crippen LogP contribution in [0.5, 0.6) is 0 Å². The molecule has 1 atom stereocenters. The summed E-state index contributed by atoms with van der Waals surface area (Å²) in [5, 5.41) is 9.12. The number of carboxylic acid groups (broad SMARTS) is 1. The quantitative estimate of drug-likeness (QED) is 0.786. The van der Waals surface area contributed by atoms with Gasteiger partial charge in [0.1, 0.15) is 0 Å². The Balaban J connectivity index is 2.32. The molecule has 1 spiro atoms. The van der Waals surface area contributed by atoms with Gasteiger partial charge in [-0.3, -0.25) is 9.59 Å². The Morgan fingerprint density at radius 2 is 1.78 bits per heavy atom. The van der Waals surface area contributed by atoms with Crippen molar-refractivity contribution in [1.82, 2.24) is 4.90 Å². The number of carbonyl (C=O) groups excluding carboxylic acids is 1. The Kier molecular flexibility index (Phi) is 3.03. The first-order valence-electron chi connectivity index (χ1n) is 5.90. The molecule has 0 aromatic heterocycles. The van der Waals surface area contributed by atoms with Gasteiger partial charge in [-0.1, -0.05) is 12.8 Å². The summed E-state index contributed by atoms with van der Waals surface area (Å²) in [6.45, 7) is -0.116. The van der Waals surface area contributed by atoms with E-state index >= 15 is 0 Å². The van der Waals surface area contributed by atoms with Crippen LogP contribution in [0.25, 0.3) is 0 Å². The average Bonchev–Trinajstić information content (AvgIpc) is 2.85. The molecule has 102 valence electrons. The minimum atomic E-state index is -4.93. The minimum absolute atomic E-state index is 0.108. The third-order valence-electron chi connectivity index (χ3n) is 4.08. The third kappa shape index (κ3) is 1.85. The second-order valence-electron chi connectivity index (χ2n) is 4.94. The molecule has 4 nitrogen and oxygen atoms in total. The van der Waals surface area contributed by atoms with E-state index in [9.17, 15) is 22.8 Å². The van der Waals surface area contributed by atoms with Gasteiger partial charge in [-0.05, 0) is 19.3 Å². The van der Waals surface area contributed by atoms with Gasteiger partial charge in [0.05, 0.1) is 11.5 Å². The molecule has 1 heterocycles. The van der Waals surface area contributed by atoms with Crippen LogP contribution in [0.15, 0.2) is 0 Å². The Bertz CT molecular complexity index is 374. The lowest BCUT2D eigenvalue weighted by Gasteiger charge is -2.38. The van der Waals surface area contributed by atoms with Crippen molar-refractivity contribution in [3.8, 4) is 0 Å². The maximum absolute atomic E-state index is 12.5. The van der Waals surface area contributed by atoms with Gasteiger partial charge in [0.25, 0.3) is 0 Å². The summed E-state index contributed by atoms with van der Waals surface area (Å²) >= 11 is 0. The summed E-state index contributed by atoms with van der Waals surface area (Å²) in [7, 11) is 0. The molecule has 1 aliphatic heterocycles. The number of amides is 1. The standard InChI is InChI=1S/C11H14F3NO3/c12-11(13,14)9(18)15-6-3-7(8(16)17)10(15)4-1-2-5-10/h7H,1-6H2,(H,16,17). The lowest BCUT2D eigenvalue weighted by Crippen LogP contribution is -2.54. The molecule has 18 heavy (non-hydrogen) atoms. The fourth-order valence-corrected chi connectivity index (χ4v) is 3.35. The van der Waals surface area contributed by atoms with Gasteiger partial charge >= 0.3 is 18.1 Å². The lowest BCUT2D eigenvalue weighted by molar-refractivity contribution is -0.190. The molecule has 2 aliphatic rings. The topological polar surface area (TPSA) is 57.6 Å². The summed E-state index contributed by atoms with van der Waals surface area (Å²) in [4.78, 5) is 23.3. The predicted octanol–water partition coefficient (Wildman–Crippen LogP) is 1.79. The lowest BCUT2D eigenvalue weighted by atomic mass is 9.83.